The molecular formula is C4H7KO4. The smallest absolute Gasteiger partial charge is 0.547 e. The zero-order valence-corrected chi connectivity index (χ0v) is 8.67. The third kappa shape index (κ3) is 12.1. The van der Waals surface area contributed by atoms with E-state index in [1.54, 1.807) is 0 Å². The summed E-state index contributed by atoms with van der Waals surface area (Å²) in [4.78, 5) is 9.49. The summed E-state index contributed by atoms with van der Waals surface area (Å²) in [5, 5.41) is 9.49. The molecule has 0 aliphatic heterocycles. The van der Waals surface area contributed by atoms with Crippen LogP contribution in [-0.4, -0.2) is 26.5 Å². The molecule has 0 heterocycles. The minimum atomic E-state index is -1.51. The van der Waals surface area contributed by atoms with Crippen LogP contribution < -0.4 is 56.5 Å². The second-order valence-electron chi connectivity index (χ2n) is 1.09. The molecule has 0 bridgehead atoms. The Kier molecular flexibility index (Phi) is 12.3. The first-order valence-electron chi connectivity index (χ1n) is 2.10. The number of carboxylic acid groups (broad SMARTS) is 1. The molecule has 0 unspecified atom stereocenters. The minimum absolute atomic E-state index is 0. The third-order valence-corrected chi connectivity index (χ3v) is 0.507. The Bertz CT molecular complexity index is 75.0. The molecule has 0 aromatic heterocycles. The molecule has 0 amide bonds. The van der Waals surface area contributed by atoms with Crippen LogP contribution in [0.3, 0.4) is 0 Å². The topological polar surface area (TPSA) is 58.6 Å². The summed E-state index contributed by atoms with van der Waals surface area (Å²) < 4.78 is 8.44. The molecule has 0 aromatic carbocycles. The van der Waals surface area contributed by atoms with Crippen molar-refractivity contribution < 1.29 is 70.8 Å². The quantitative estimate of drug-likeness (QED) is 0.238. The fraction of sp³-hybridized carbons (Fsp3) is 0.750. The number of hydrogen-bond acceptors (Lipinski definition) is 4. The van der Waals surface area contributed by atoms with Gasteiger partial charge in [-0.05, 0) is 0 Å². The molecule has 0 aliphatic rings. The van der Waals surface area contributed by atoms with Gasteiger partial charge in [0.15, 0.2) is 0 Å². The number of hydrogen-bond donors (Lipinski definition) is 0. The standard InChI is InChI=1S/C4H8O4.K/c1-7-2-3-8-4(5)6;/h2-3H2,1H3,(H,5,6);/q;+1/p-1. The van der Waals surface area contributed by atoms with Gasteiger partial charge in [-0.1, -0.05) is 0 Å². The van der Waals surface area contributed by atoms with Crippen molar-refractivity contribution in [2.45, 2.75) is 0 Å². The maximum absolute atomic E-state index is 9.49. The number of methoxy groups -OCH3 is 1. The van der Waals surface area contributed by atoms with Crippen LogP contribution >= 0.6 is 0 Å². The summed E-state index contributed by atoms with van der Waals surface area (Å²) in [6.07, 6.45) is -1.51. The van der Waals surface area contributed by atoms with Crippen LogP contribution in [0.25, 0.3) is 0 Å². The number of ether oxygens (including phenoxy) is 2. The van der Waals surface area contributed by atoms with E-state index in [9.17, 15) is 9.90 Å². The van der Waals surface area contributed by atoms with E-state index < -0.39 is 6.16 Å². The van der Waals surface area contributed by atoms with Gasteiger partial charge in [-0.25, -0.2) is 0 Å². The van der Waals surface area contributed by atoms with Crippen molar-refractivity contribution in [2.75, 3.05) is 20.3 Å². The van der Waals surface area contributed by atoms with E-state index in [-0.39, 0.29) is 64.6 Å². The van der Waals surface area contributed by atoms with Crippen molar-refractivity contribution in [1.29, 1.82) is 0 Å². The van der Waals surface area contributed by atoms with E-state index >= 15 is 0 Å². The average molecular weight is 158 g/mol. The summed E-state index contributed by atoms with van der Waals surface area (Å²) >= 11 is 0. The summed E-state index contributed by atoms with van der Waals surface area (Å²) in [5.74, 6) is 0. The Morgan fingerprint density at radius 1 is 1.56 bits per heavy atom. The van der Waals surface area contributed by atoms with Crippen molar-refractivity contribution >= 4 is 6.16 Å². The second-order valence-corrected chi connectivity index (χ2v) is 1.09. The molecule has 0 aromatic rings. The molecule has 0 radical (unpaired) electrons. The van der Waals surface area contributed by atoms with E-state index in [0.717, 1.165) is 0 Å². The molecule has 5 heteroatoms. The molecule has 0 fully saturated rings. The van der Waals surface area contributed by atoms with Crippen LogP contribution in [0.4, 0.5) is 4.79 Å². The van der Waals surface area contributed by atoms with Gasteiger partial charge in [0.2, 0.25) is 0 Å². The van der Waals surface area contributed by atoms with E-state index in [1.807, 2.05) is 0 Å². The molecule has 0 rings (SSSR count). The SMILES string of the molecule is COCCOC(=O)[O-].[K+]. The Morgan fingerprint density at radius 3 is 2.44 bits per heavy atom. The molecule has 48 valence electrons. The number of rotatable bonds is 3. The van der Waals surface area contributed by atoms with Crippen LogP contribution in [0.2, 0.25) is 0 Å². The zero-order valence-electron chi connectivity index (χ0n) is 5.55. The van der Waals surface area contributed by atoms with Crippen LogP contribution in [0, 0.1) is 0 Å². The van der Waals surface area contributed by atoms with Crippen molar-refractivity contribution in [1.82, 2.24) is 0 Å². The summed E-state index contributed by atoms with van der Waals surface area (Å²) in [6, 6.07) is 0. The van der Waals surface area contributed by atoms with Crippen LogP contribution in [0.5, 0.6) is 0 Å². The Labute approximate surface area is 95.9 Å². The van der Waals surface area contributed by atoms with Crippen molar-refractivity contribution in [2.24, 2.45) is 0 Å². The summed E-state index contributed by atoms with van der Waals surface area (Å²) in [6.45, 7) is 0.312. The first kappa shape index (κ1) is 12.5. The van der Waals surface area contributed by atoms with Gasteiger partial charge in [0, 0.05) is 7.11 Å². The van der Waals surface area contributed by atoms with Gasteiger partial charge in [-0.2, -0.15) is 0 Å². The van der Waals surface area contributed by atoms with Gasteiger partial charge in [-0.15, -0.1) is 0 Å². The molecule has 0 spiro atoms. The Morgan fingerprint density at radius 2 is 2.11 bits per heavy atom. The van der Waals surface area contributed by atoms with E-state index in [4.69, 9.17) is 0 Å². The van der Waals surface area contributed by atoms with Crippen molar-refractivity contribution in [3.05, 3.63) is 0 Å². The fourth-order valence-corrected chi connectivity index (χ4v) is 0.208. The van der Waals surface area contributed by atoms with Gasteiger partial charge >= 0.3 is 51.4 Å². The molecule has 0 saturated carbocycles. The monoisotopic (exact) mass is 158 g/mol. The first-order valence-corrected chi connectivity index (χ1v) is 2.10. The maximum atomic E-state index is 9.49. The van der Waals surface area contributed by atoms with Gasteiger partial charge in [0.25, 0.3) is 6.16 Å². The molecule has 0 saturated heterocycles. The molecule has 4 nitrogen and oxygen atoms in total. The van der Waals surface area contributed by atoms with E-state index in [2.05, 4.69) is 9.47 Å². The zero-order chi connectivity index (χ0) is 6.41. The van der Waals surface area contributed by atoms with E-state index in [0.29, 0.717) is 0 Å². The normalized spacial score (nSPS) is 7.67. The number of carbonyl (C=O) groups is 1. The molecule has 0 atom stereocenters. The minimum Gasteiger partial charge on any atom is -0.547 e. The first-order chi connectivity index (χ1) is 3.77. The Balaban J connectivity index is 0. The van der Waals surface area contributed by atoms with E-state index in [1.165, 1.54) is 7.11 Å². The van der Waals surface area contributed by atoms with Gasteiger partial charge in [-0.3, -0.25) is 0 Å². The predicted molar refractivity (Wildman–Crippen MR) is 23.2 cm³/mol. The third-order valence-electron chi connectivity index (χ3n) is 0.507. The van der Waals surface area contributed by atoms with Crippen molar-refractivity contribution in [3.63, 3.8) is 0 Å². The van der Waals surface area contributed by atoms with Crippen molar-refractivity contribution in [3.8, 4) is 0 Å². The van der Waals surface area contributed by atoms with Crippen LogP contribution in [0.1, 0.15) is 0 Å². The molecule has 0 aliphatic carbocycles. The largest absolute Gasteiger partial charge is 1.00 e. The van der Waals surface area contributed by atoms with Gasteiger partial charge in [0.1, 0.15) is 0 Å². The van der Waals surface area contributed by atoms with Crippen LogP contribution in [-0.2, 0) is 9.47 Å². The Hall–Kier alpha value is 0.866. The van der Waals surface area contributed by atoms with Gasteiger partial charge in [0.05, 0.1) is 13.2 Å². The average Bonchev–Trinajstić information content (AvgIpc) is 1.66. The second kappa shape index (κ2) is 8.87. The molecule has 9 heavy (non-hydrogen) atoms. The molecular weight excluding hydrogens is 151 g/mol. The molecule has 0 N–H and O–H groups in total. The summed E-state index contributed by atoms with van der Waals surface area (Å²) in [7, 11) is 1.46. The predicted octanol–water partition coefficient (Wildman–Crippen LogP) is -4.00. The summed E-state index contributed by atoms with van der Waals surface area (Å²) in [5.41, 5.74) is 0. The van der Waals surface area contributed by atoms with Crippen LogP contribution in [0.15, 0.2) is 0 Å². The van der Waals surface area contributed by atoms with Gasteiger partial charge < -0.3 is 19.4 Å². The maximum Gasteiger partial charge on any atom is 1.00 e. The fourth-order valence-electron chi connectivity index (χ4n) is 0.208. The number of carbonyl (C=O) groups excluding carboxylic acids is 1.